The average Bonchev–Trinajstić information content (AvgIpc) is 3.14. The van der Waals surface area contributed by atoms with E-state index in [0.717, 1.165) is 67.5 Å². The summed E-state index contributed by atoms with van der Waals surface area (Å²) in [7, 11) is 0. The maximum atomic E-state index is 13.7. The van der Waals surface area contributed by atoms with Gasteiger partial charge in [0.1, 0.15) is 10.8 Å². The first-order valence-corrected chi connectivity index (χ1v) is 9.72. The smallest absolute Gasteiger partial charge is 0.232 e. The van der Waals surface area contributed by atoms with E-state index in [9.17, 15) is 9.18 Å². The van der Waals surface area contributed by atoms with Crippen LogP contribution in [0, 0.1) is 5.82 Å². The number of carbonyl (C=O) groups excluding carboxylic acids is 1. The first kappa shape index (κ1) is 15.9. The minimum absolute atomic E-state index is 0.207. The van der Waals surface area contributed by atoms with Gasteiger partial charge in [0.25, 0.3) is 0 Å². The fourth-order valence-corrected chi connectivity index (χ4v) is 4.78. The number of aromatic nitrogens is 1. The number of amides is 1. The van der Waals surface area contributed by atoms with Gasteiger partial charge in [-0.1, -0.05) is 11.8 Å². The van der Waals surface area contributed by atoms with Crippen molar-refractivity contribution < 1.29 is 9.18 Å². The zero-order valence-electron chi connectivity index (χ0n) is 13.7. The molecule has 0 atom stereocenters. The summed E-state index contributed by atoms with van der Waals surface area (Å²) >= 11 is 1.55. The molecule has 0 N–H and O–H groups in total. The second-order valence-corrected chi connectivity index (χ2v) is 7.58. The zero-order chi connectivity index (χ0) is 16.5. The third kappa shape index (κ3) is 3.02. The lowest BCUT2D eigenvalue weighted by Gasteiger charge is -2.21. The molecule has 1 aliphatic heterocycles. The molecule has 2 aromatic rings. The highest BCUT2D eigenvalue weighted by molar-refractivity contribution is 7.99. The number of halogens is 1. The molecule has 3 nitrogen and oxygen atoms in total. The SMILES string of the molecule is O=C(CSc1nc2ccc(F)cc2c2c1CCCC2)N1CCCC1. The summed E-state index contributed by atoms with van der Waals surface area (Å²) < 4.78 is 13.7. The highest BCUT2D eigenvalue weighted by Crippen LogP contribution is 2.35. The van der Waals surface area contributed by atoms with Crippen molar-refractivity contribution in [1.29, 1.82) is 0 Å². The van der Waals surface area contributed by atoms with E-state index < -0.39 is 0 Å². The number of aryl methyl sites for hydroxylation is 1. The summed E-state index contributed by atoms with van der Waals surface area (Å²) in [5.41, 5.74) is 3.31. The number of thioether (sulfide) groups is 1. The van der Waals surface area contributed by atoms with Gasteiger partial charge in [0.15, 0.2) is 0 Å². The Balaban J connectivity index is 1.64. The normalized spacial score (nSPS) is 17.3. The Morgan fingerprint density at radius 3 is 2.67 bits per heavy atom. The monoisotopic (exact) mass is 344 g/mol. The molecule has 0 unspecified atom stereocenters. The van der Waals surface area contributed by atoms with Gasteiger partial charge >= 0.3 is 0 Å². The van der Waals surface area contributed by atoms with Crippen LogP contribution in [0.1, 0.15) is 36.8 Å². The van der Waals surface area contributed by atoms with E-state index in [1.54, 1.807) is 23.9 Å². The van der Waals surface area contributed by atoms with Crippen molar-refractivity contribution in [2.75, 3.05) is 18.8 Å². The summed E-state index contributed by atoms with van der Waals surface area (Å²) in [5, 5.41) is 1.91. The van der Waals surface area contributed by atoms with Crippen LogP contribution in [0.25, 0.3) is 10.9 Å². The molecule has 0 spiro atoms. The van der Waals surface area contributed by atoms with E-state index >= 15 is 0 Å². The van der Waals surface area contributed by atoms with Crippen LogP contribution in [0.15, 0.2) is 23.2 Å². The summed E-state index contributed by atoms with van der Waals surface area (Å²) in [6.07, 6.45) is 6.47. The van der Waals surface area contributed by atoms with E-state index in [1.165, 1.54) is 17.2 Å². The van der Waals surface area contributed by atoms with Gasteiger partial charge in [-0.25, -0.2) is 9.37 Å². The highest BCUT2D eigenvalue weighted by Gasteiger charge is 2.22. The molecular formula is C19H21FN2OS. The Hall–Kier alpha value is -1.62. The maximum Gasteiger partial charge on any atom is 0.232 e. The Morgan fingerprint density at radius 1 is 1.12 bits per heavy atom. The first-order chi connectivity index (χ1) is 11.7. The third-order valence-electron chi connectivity index (χ3n) is 5.02. The number of pyridine rings is 1. The second kappa shape index (κ2) is 6.71. The second-order valence-electron chi connectivity index (χ2n) is 6.62. The molecule has 0 radical (unpaired) electrons. The fraction of sp³-hybridized carbons (Fsp3) is 0.474. The van der Waals surface area contributed by atoms with E-state index in [0.29, 0.717) is 5.75 Å². The van der Waals surface area contributed by atoms with Crippen molar-refractivity contribution in [2.24, 2.45) is 0 Å². The van der Waals surface area contributed by atoms with Crippen LogP contribution in [-0.2, 0) is 17.6 Å². The molecule has 0 saturated carbocycles. The molecule has 126 valence electrons. The van der Waals surface area contributed by atoms with Crippen LogP contribution in [0.2, 0.25) is 0 Å². The fourth-order valence-electron chi connectivity index (χ4n) is 3.77. The number of hydrogen-bond donors (Lipinski definition) is 0. The Labute approximate surface area is 145 Å². The topological polar surface area (TPSA) is 33.2 Å². The third-order valence-corrected chi connectivity index (χ3v) is 6.03. The van der Waals surface area contributed by atoms with Crippen LogP contribution in [0.5, 0.6) is 0 Å². The van der Waals surface area contributed by atoms with Crippen molar-refractivity contribution in [1.82, 2.24) is 9.88 Å². The number of fused-ring (bicyclic) bond motifs is 3. The number of rotatable bonds is 3. The number of carbonyl (C=O) groups is 1. The Bertz CT molecular complexity index is 787. The molecular weight excluding hydrogens is 323 g/mol. The zero-order valence-corrected chi connectivity index (χ0v) is 14.5. The molecule has 1 fully saturated rings. The van der Waals surface area contributed by atoms with Crippen LogP contribution >= 0.6 is 11.8 Å². The minimum Gasteiger partial charge on any atom is -0.342 e. The van der Waals surface area contributed by atoms with E-state index in [-0.39, 0.29) is 11.7 Å². The number of hydrogen-bond acceptors (Lipinski definition) is 3. The summed E-state index contributed by atoms with van der Waals surface area (Å²) in [4.78, 5) is 19.0. The van der Waals surface area contributed by atoms with Crippen molar-refractivity contribution in [3.05, 3.63) is 35.1 Å². The molecule has 1 aromatic heterocycles. The predicted molar refractivity (Wildman–Crippen MR) is 94.9 cm³/mol. The minimum atomic E-state index is -0.207. The van der Waals surface area contributed by atoms with Crippen LogP contribution < -0.4 is 0 Å². The highest BCUT2D eigenvalue weighted by atomic mass is 32.2. The van der Waals surface area contributed by atoms with Gasteiger partial charge in [-0.05, 0) is 67.9 Å². The van der Waals surface area contributed by atoms with Crippen molar-refractivity contribution >= 4 is 28.6 Å². The van der Waals surface area contributed by atoms with Crippen molar-refractivity contribution in [3.63, 3.8) is 0 Å². The number of likely N-dealkylation sites (tertiary alicyclic amines) is 1. The quantitative estimate of drug-likeness (QED) is 0.790. The molecule has 2 aliphatic rings. The summed E-state index contributed by atoms with van der Waals surface area (Å²) in [5.74, 6) is 0.455. The molecule has 1 aliphatic carbocycles. The van der Waals surface area contributed by atoms with Gasteiger partial charge in [0.2, 0.25) is 5.91 Å². The van der Waals surface area contributed by atoms with E-state index in [2.05, 4.69) is 0 Å². The Kier molecular flexibility index (Phi) is 4.44. The van der Waals surface area contributed by atoms with Gasteiger partial charge in [0.05, 0.1) is 11.3 Å². The number of benzene rings is 1. The lowest BCUT2D eigenvalue weighted by molar-refractivity contribution is -0.127. The molecule has 1 amide bonds. The molecule has 5 heteroatoms. The summed E-state index contributed by atoms with van der Waals surface area (Å²) in [6.45, 7) is 1.78. The van der Waals surface area contributed by atoms with E-state index in [1.807, 2.05) is 4.90 Å². The van der Waals surface area contributed by atoms with Gasteiger partial charge in [-0.3, -0.25) is 4.79 Å². The lowest BCUT2D eigenvalue weighted by Crippen LogP contribution is -2.29. The lowest BCUT2D eigenvalue weighted by atomic mass is 9.90. The average molecular weight is 344 g/mol. The Morgan fingerprint density at radius 2 is 1.88 bits per heavy atom. The maximum absolute atomic E-state index is 13.7. The van der Waals surface area contributed by atoms with Crippen molar-refractivity contribution in [3.8, 4) is 0 Å². The molecule has 0 bridgehead atoms. The number of nitrogens with zero attached hydrogens (tertiary/aromatic N) is 2. The van der Waals surface area contributed by atoms with Gasteiger partial charge < -0.3 is 4.90 Å². The van der Waals surface area contributed by atoms with Gasteiger partial charge in [-0.2, -0.15) is 0 Å². The van der Waals surface area contributed by atoms with Crippen LogP contribution in [0.4, 0.5) is 4.39 Å². The molecule has 1 aromatic carbocycles. The van der Waals surface area contributed by atoms with Gasteiger partial charge in [-0.15, -0.1) is 0 Å². The first-order valence-electron chi connectivity index (χ1n) is 8.74. The van der Waals surface area contributed by atoms with E-state index in [4.69, 9.17) is 4.98 Å². The summed E-state index contributed by atoms with van der Waals surface area (Å²) in [6, 6.07) is 4.83. The van der Waals surface area contributed by atoms with Crippen molar-refractivity contribution in [2.45, 2.75) is 43.6 Å². The standard InChI is InChI=1S/C19H21FN2OS/c20-13-7-8-17-16(11-13)14-5-1-2-6-15(14)19(21-17)24-12-18(23)22-9-3-4-10-22/h7-8,11H,1-6,9-10,12H2. The predicted octanol–water partition coefficient (Wildman–Crippen LogP) is 3.97. The molecule has 2 heterocycles. The molecule has 24 heavy (non-hydrogen) atoms. The van der Waals surface area contributed by atoms with Gasteiger partial charge in [0, 0.05) is 18.5 Å². The van der Waals surface area contributed by atoms with Crippen LogP contribution in [-0.4, -0.2) is 34.6 Å². The molecule has 4 rings (SSSR count). The van der Waals surface area contributed by atoms with Crippen LogP contribution in [0.3, 0.4) is 0 Å². The largest absolute Gasteiger partial charge is 0.342 e. The molecule has 1 saturated heterocycles.